The molecule has 1 aliphatic rings. The highest BCUT2D eigenvalue weighted by Crippen LogP contribution is 2.22. The molecule has 0 spiro atoms. The summed E-state index contributed by atoms with van der Waals surface area (Å²) in [5.74, 6) is -0.287. The van der Waals surface area contributed by atoms with E-state index in [2.05, 4.69) is 15.4 Å². The van der Waals surface area contributed by atoms with Crippen LogP contribution in [0.2, 0.25) is 5.02 Å². The summed E-state index contributed by atoms with van der Waals surface area (Å²) in [6.07, 6.45) is 6.14. The number of nitrogens with one attached hydrogen (secondary N) is 5. The van der Waals surface area contributed by atoms with Crippen molar-refractivity contribution in [3.63, 3.8) is 0 Å². The Bertz CT molecular complexity index is 1640. The minimum Gasteiger partial charge on any atom is -0.496 e. The first-order chi connectivity index (χ1) is 22.9. The number of rotatable bonds is 11. The fraction of sp³-hybridized carbons (Fsp3) is 0.333. The summed E-state index contributed by atoms with van der Waals surface area (Å²) in [4.78, 5) is 25.8. The van der Waals surface area contributed by atoms with E-state index in [9.17, 15) is 18.0 Å². The van der Waals surface area contributed by atoms with Gasteiger partial charge < -0.3 is 26.8 Å². The van der Waals surface area contributed by atoms with Gasteiger partial charge in [-0.05, 0) is 67.1 Å². The Morgan fingerprint density at radius 1 is 0.917 bits per heavy atom. The standard InChI is InChI=1S/C23H28ClN3O5S.C10H15N5/c1-32-21-12-9-17(24)15-20(21)22(28)25-14-13-16-7-10-19(11-8-16)33(30,31)27-23(29)26-18-5-3-2-4-6-18;11-9(12)15(10(13)14)7-6-8-4-2-1-3-5-8/h7-12,15,18H,2-6,13-14H2,1H3,(H,25,28)(H2,26,27,29);1-5H,6-7H2,(H3,11,12)(H3,13,14). The average Bonchev–Trinajstić information content (AvgIpc) is 3.05. The second-order valence-corrected chi connectivity index (χ2v) is 13.2. The van der Waals surface area contributed by atoms with Gasteiger partial charge in [0.15, 0.2) is 11.9 Å². The molecule has 0 saturated heterocycles. The molecule has 0 heterocycles. The van der Waals surface area contributed by atoms with E-state index in [4.69, 9.17) is 38.6 Å². The van der Waals surface area contributed by atoms with Crippen molar-refractivity contribution in [3.8, 4) is 5.75 Å². The molecular weight excluding hydrogens is 656 g/mol. The monoisotopic (exact) mass is 698 g/mol. The van der Waals surface area contributed by atoms with Gasteiger partial charge >= 0.3 is 6.03 Å². The van der Waals surface area contributed by atoms with Crippen molar-refractivity contribution in [3.05, 3.63) is 94.5 Å². The molecule has 48 heavy (non-hydrogen) atoms. The molecule has 3 amide bonds. The number of urea groups is 1. The zero-order valence-corrected chi connectivity index (χ0v) is 28.4. The van der Waals surface area contributed by atoms with E-state index in [-0.39, 0.29) is 28.8 Å². The number of carbonyl (C=O) groups excluding carboxylic acids is 2. The van der Waals surface area contributed by atoms with E-state index >= 15 is 0 Å². The van der Waals surface area contributed by atoms with Gasteiger partial charge in [-0.2, -0.15) is 0 Å². The van der Waals surface area contributed by atoms with Gasteiger partial charge in [-0.25, -0.2) is 17.9 Å². The van der Waals surface area contributed by atoms with Gasteiger partial charge in [-0.3, -0.25) is 20.5 Å². The third-order valence-electron chi connectivity index (χ3n) is 7.55. The van der Waals surface area contributed by atoms with E-state index in [0.29, 0.717) is 42.3 Å². The van der Waals surface area contributed by atoms with Crippen molar-refractivity contribution < 1.29 is 22.7 Å². The van der Waals surface area contributed by atoms with Crippen LogP contribution >= 0.6 is 11.6 Å². The Morgan fingerprint density at radius 3 is 2.15 bits per heavy atom. The highest BCUT2D eigenvalue weighted by molar-refractivity contribution is 7.90. The van der Waals surface area contributed by atoms with E-state index in [1.165, 1.54) is 30.2 Å². The van der Waals surface area contributed by atoms with Crippen molar-refractivity contribution in [2.45, 2.75) is 55.9 Å². The lowest BCUT2D eigenvalue weighted by Gasteiger charge is -2.22. The quantitative estimate of drug-likeness (QED) is 0.115. The molecule has 0 unspecified atom stereocenters. The largest absolute Gasteiger partial charge is 0.496 e. The van der Waals surface area contributed by atoms with Crippen molar-refractivity contribution >= 4 is 45.5 Å². The van der Waals surface area contributed by atoms with Crippen molar-refractivity contribution in [2.24, 2.45) is 11.5 Å². The molecule has 1 fully saturated rings. The molecule has 4 rings (SSSR count). The molecule has 1 saturated carbocycles. The summed E-state index contributed by atoms with van der Waals surface area (Å²) in [5.41, 5.74) is 12.9. The van der Waals surface area contributed by atoms with E-state index in [0.717, 1.165) is 43.2 Å². The van der Waals surface area contributed by atoms with Gasteiger partial charge in [0.2, 0.25) is 0 Å². The van der Waals surface area contributed by atoms with Crippen molar-refractivity contribution in [2.75, 3.05) is 20.2 Å². The number of ether oxygens (including phenoxy) is 1. The minimum absolute atomic E-state index is 0.00209. The number of hydrogen-bond donors (Lipinski definition) is 7. The van der Waals surface area contributed by atoms with Crippen LogP contribution in [0, 0.1) is 10.8 Å². The topological polar surface area (TPSA) is 217 Å². The molecule has 0 bridgehead atoms. The summed E-state index contributed by atoms with van der Waals surface area (Å²) in [6.45, 7) is 0.789. The molecule has 258 valence electrons. The van der Waals surface area contributed by atoms with Crippen LogP contribution in [0.5, 0.6) is 5.75 Å². The number of halogens is 1. The van der Waals surface area contributed by atoms with Crippen LogP contribution in [-0.4, -0.2) is 63.4 Å². The van der Waals surface area contributed by atoms with Crippen molar-refractivity contribution in [1.29, 1.82) is 10.8 Å². The molecule has 9 N–H and O–H groups in total. The van der Waals surface area contributed by atoms with Gasteiger partial charge in [-0.1, -0.05) is 73.3 Å². The van der Waals surface area contributed by atoms with Crippen molar-refractivity contribution in [1.82, 2.24) is 20.3 Å². The summed E-state index contributed by atoms with van der Waals surface area (Å²) in [6, 6.07) is 20.1. The molecule has 0 aromatic heterocycles. The molecule has 3 aromatic rings. The van der Waals surface area contributed by atoms with Gasteiger partial charge in [-0.15, -0.1) is 0 Å². The van der Waals surface area contributed by atoms with Gasteiger partial charge in [0.25, 0.3) is 15.9 Å². The van der Waals surface area contributed by atoms with Crippen LogP contribution in [0.15, 0.2) is 77.7 Å². The average molecular weight is 699 g/mol. The molecule has 0 radical (unpaired) electrons. The maximum atomic E-state index is 12.5. The Kier molecular flexibility index (Phi) is 14.5. The predicted octanol–water partition coefficient (Wildman–Crippen LogP) is 3.96. The normalized spacial score (nSPS) is 12.9. The van der Waals surface area contributed by atoms with Gasteiger partial charge in [0, 0.05) is 24.2 Å². The van der Waals surface area contributed by atoms with Crippen LogP contribution in [-0.2, 0) is 22.9 Å². The molecule has 13 nitrogen and oxygen atoms in total. The first-order valence-electron chi connectivity index (χ1n) is 15.4. The van der Waals surface area contributed by atoms with Crippen LogP contribution in [0.25, 0.3) is 0 Å². The summed E-state index contributed by atoms with van der Waals surface area (Å²) < 4.78 is 32.2. The summed E-state index contributed by atoms with van der Waals surface area (Å²) in [5, 5.41) is 20.4. The Labute approximate surface area is 286 Å². The predicted molar refractivity (Wildman–Crippen MR) is 187 cm³/mol. The summed E-state index contributed by atoms with van der Waals surface area (Å²) in [7, 11) is -2.49. The van der Waals surface area contributed by atoms with Crippen LogP contribution < -0.4 is 31.6 Å². The smallest absolute Gasteiger partial charge is 0.328 e. The second-order valence-electron chi connectivity index (χ2n) is 11.1. The number of sulfonamides is 1. The Balaban J connectivity index is 0.000000348. The van der Waals surface area contributed by atoms with Crippen LogP contribution in [0.1, 0.15) is 53.6 Å². The molecule has 15 heteroatoms. The van der Waals surface area contributed by atoms with E-state index in [1.54, 1.807) is 24.3 Å². The maximum Gasteiger partial charge on any atom is 0.328 e. The van der Waals surface area contributed by atoms with Gasteiger partial charge in [0.1, 0.15) is 5.75 Å². The lowest BCUT2D eigenvalue weighted by molar-refractivity contribution is 0.0951. The second kappa shape index (κ2) is 18.5. The number of carbonyl (C=O) groups is 2. The van der Waals surface area contributed by atoms with E-state index in [1.807, 2.05) is 30.3 Å². The Hall–Kier alpha value is -4.82. The fourth-order valence-electron chi connectivity index (χ4n) is 5.01. The number of methoxy groups -OCH3 is 1. The molecule has 3 aromatic carbocycles. The highest BCUT2D eigenvalue weighted by atomic mass is 35.5. The molecular formula is C33H43ClN8O5S. The number of guanidine groups is 2. The SMILES string of the molecule is COc1ccc(Cl)cc1C(=O)NCCc1ccc(S(=O)(=O)NC(=O)NC2CCCCC2)cc1.N=C(N)N(CCc1ccccc1)C(=N)N. The third kappa shape index (κ3) is 12.1. The van der Waals surface area contributed by atoms with Crippen LogP contribution in [0.4, 0.5) is 4.79 Å². The number of amides is 3. The number of benzene rings is 3. The zero-order chi connectivity index (χ0) is 35.1. The molecule has 1 aliphatic carbocycles. The first-order valence-corrected chi connectivity index (χ1v) is 17.3. The Morgan fingerprint density at radius 2 is 1.54 bits per heavy atom. The lowest BCUT2D eigenvalue weighted by atomic mass is 9.96. The minimum atomic E-state index is -3.97. The zero-order valence-electron chi connectivity index (χ0n) is 26.8. The lowest BCUT2D eigenvalue weighted by Crippen LogP contribution is -2.45. The third-order valence-corrected chi connectivity index (χ3v) is 9.14. The molecule has 0 aliphatic heterocycles. The first kappa shape index (κ1) is 37.6. The summed E-state index contributed by atoms with van der Waals surface area (Å²) >= 11 is 5.96. The molecule has 0 atom stereocenters. The highest BCUT2D eigenvalue weighted by Gasteiger charge is 2.21. The van der Waals surface area contributed by atoms with Crippen LogP contribution in [0.3, 0.4) is 0 Å². The fourth-order valence-corrected chi connectivity index (χ4v) is 6.09. The van der Waals surface area contributed by atoms with Gasteiger partial charge in [0.05, 0.1) is 17.6 Å². The number of hydrogen-bond acceptors (Lipinski definition) is 7. The maximum absolute atomic E-state index is 12.5. The number of nitrogens with two attached hydrogens (primary N) is 2. The number of nitrogens with zero attached hydrogens (tertiary/aromatic N) is 1. The van der Waals surface area contributed by atoms with E-state index < -0.39 is 16.1 Å².